The van der Waals surface area contributed by atoms with E-state index in [-0.39, 0.29) is 0 Å². The predicted molar refractivity (Wildman–Crippen MR) is 203 cm³/mol. The lowest BCUT2D eigenvalue weighted by molar-refractivity contribution is 0.664. The largest absolute Gasteiger partial charge is 0.0654 e. The summed E-state index contributed by atoms with van der Waals surface area (Å²) in [5.74, 6) is 0. The highest BCUT2D eigenvalue weighted by Crippen LogP contribution is 2.36. The Kier molecular flexibility index (Phi) is 11.7. The topological polar surface area (TPSA) is 0 Å². The molecule has 0 N–H and O–H groups in total. The lowest BCUT2D eigenvalue weighted by Crippen LogP contribution is -1.99. The summed E-state index contributed by atoms with van der Waals surface area (Å²) in [6, 6.07) is 37.4. The van der Waals surface area contributed by atoms with E-state index in [0.29, 0.717) is 0 Å². The van der Waals surface area contributed by atoms with Crippen molar-refractivity contribution in [1.29, 1.82) is 0 Å². The van der Waals surface area contributed by atoms with Crippen molar-refractivity contribution in [2.75, 3.05) is 0 Å². The average molecular weight is 607 g/mol. The monoisotopic (exact) mass is 606 g/mol. The molecule has 0 aliphatic heterocycles. The number of hydrogen-bond donors (Lipinski definition) is 0. The van der Waals surface area contributed by atoms with Crippen molar-refractivity contribution in [2.24, 2.45) is 0 Å². The zero-order chi connectivity index (χ0) is 32.5. The van der Waals surface area contributed by atoms with E-state index in [2.05, 4.69) is 139 Å². The standard InChI is InChI=1S/C46H54/c1-7-9-11-13-15-43-31-46(40-27-23-38(24-28-40)42-20-18-34(4)36(6)30-42)44(16-14-12-10-8-2)32-45(43)39-25-21-37(22-26-39)41-19-17-33(3)35(5)29-41/h17-32H,7-16H2,1-6H3. The summed E-state index contributed by atoms with van der Waals surface area (Å²) in [4.78, 5) is 0. The molecule has 5 aromatic carbocycles. The second-order valence-electron chi connectivity index (χ2n) is 13.5. The molecule has 0 heterocycles. The first-order valence-electron chi connectivity index (χ1n) is 17.9. The first-order chi connectivity index (χ1) is 22.4. The van der Waals surface area contributed by atoms with Crippen LogP contribution >= 0.6 is 0 Å². The Morgan fingerprint density at radius 3 is 1.02 bits per heavy atom. The lowest BCUT2D eigenvalue weighted by atomic mass is 9.86. The maximum Gasteiger partial charge on any atom is -0.0149 e. The van der Waals surface area contributed by atoms with Crippen LogP contribution in [0.3, 0.4) is 0 Å². The summed E-state index contributed by atoms with van der Waals surface area (Å²) in [5.41, 5.74) is 19.1. The van der Waals surface area contributed by atoms with Gasteiger partial charge in [0.2, 0.25) is 0 Å². The normalized spacial score (nSPS) is 11.3. The van der Waals surface area contributed by atoms with Gasteiger partial charge in [0.15, 0.2) is 0 Å². The highest BCUT2D eigenvalue weighted by atomic mass is 14.2. The van der Waals surface area contributed by atoms with Crippen molar-refractivity contribution in [3.05, 3.63) is 130 Å². The fourth-order valence-electron chi connectivity index (χ4n) is 6.65. The Morgan fingerprint density at radius 2 is 0.674 bits per heavy atom. The quantitative estimate of drug-likeness (QED) is 0.110. The SMILES string of the molecule is CCCCCCc1cc(-c2ccc(-c3ccc(C)c(C)c3)cc2)c(CCCCCC)cc1-c1ccc(-c2ccc(C)c(C)c2)cc1. The molecule has 0 radical (unpaired) electrons. The van der Waals surface area contributed by atoms with Gasteiger partial charge in [-0.1, -0.05) is 149 Å². The summed E-state index contributed by atoms with van der Waals surface area (Å²) in [5, 5.41) is 0. The first kappa shape index (κ1) is 33.5. The van der Waals surface area contributed by atoms with Crippen LogP contribution in [-0.4, -0.2) is 0 Å². The van der Waals surface area contributed by atoms with E-state index in [1.165, 1.54) is 129 Å². The average Bonchev–Trinajstić information content (AvgIpc) is 3.08. The molecule has 0 aromatic heterocycles. The minimum absolute atomic E-state index is 1.12. The molecule has 0 nitrogen and oxygen atoms in total. The minimum Gasteiger partial charge on any atom is -0.0654 e. The molecule has 46 heavy (non-hydrogen) atoms. The Balaban J connectivity index is 1.54. The lowest BCUT2D eigenvalue weighted by Gasteiger charge is -2.19. The molecule has 5 rings (SSSR count). The molecule has 0 aliphatic carbocycles. The smallest absolute Gasteiger partial charge is 0.0149 e. The first-order valence-corrected chi connectivity index (χ1v) is 17.9. The second-order valence-corrected chi connectivity index (χ2v) is 13.5. The highest BCUT2D eigenvalue weighted by molar-refractivity contribution is 5.79. The fraction of sp³-hybridized carbons (Fsp3) is 0.348. The van der Waals surface area contributed by atoms with E-state index in [0.717, 1.165) is 12.8 Å². The molecule has 0 atom stereocenters. The van der Waals surface area contributed by atoms with Gasteiger partial charge in [-0.3, -0.25) is 0 Å². The van der Waals surface area contributed by atoms with Gasteiger partial charge in [0.05, 0.1) is 0 Å². The summed E-state index contributed by atoms with van der Waals surface area (Å²) >= 11 is 0. The minimum atomic E-state index is 1.12. The van der Waals surface area contributed by atoms with Crippen molar-refractivity contribution >= 4 is 0 Å². The van der Waals surface area contributed by atoms with Crippen molar-refractivity contribution in [3.8, 4) is 44.5 Å². The zero-order valence-electron chi connectivity index (χ0n) is 29.3. The van der Waals surface area contributed by atoms with Crippen LogP contribution in [0.25, 0.3) is 44.5 Å². The zero-order valence-corrected chi connectivity index (χ0v) is 29.3. The van der Waals surface area contributed by atoms with E-state index in [4.69, 9.17) is 0 Å². The van der Waals surface area contributed by atoms with Gasteiger partial charge in [-0.15, -0.1) is 0 Å². The molecule has 0 unspecified atom stereocenters. The molecule has 5 aromatic rings. The number of benzene rings is 5. The van der Waals surface area contributed by atoms with Gasteiger partial charge in [-0.25, -0.2) is 0 Å². The Labute approximate surface area is 279 Å². The summed E-state index contributed by atoms with van der Waals surface area (Å²) < 4.78 is 0. The van der Waals surface area contributed by atoms with Crippen LogP contribution in [0.15, 0.2) is 97.1 Å². The Hall–Kier alpha value is -3.90. The third kappa shape index (κ3) is 8.27. The molecule has 0 bridgehead atoms. The van der Waals surface area contributed by atoms with Crippen LogP contribution in [0.5, 0.6) is 0 Å². The van der Waals surface area contributed by atoms with Gasteiger partial charge in [0.25, 0.3) is 0 Å². The number of unbranched alkanes of at least 4 members (excludes halogenated alkanes) is 6. The van der Waals surface area contributed by atoms with Gasteiger partial charge in [-0.05, 0) is 131 Å². The summed E-state index contributed by atoms with van der Waals surface area (Å²) in [6.45, 7) is 13.4. The Morgan fingerprint density at radius 1 is 0.326 bits per heavy atom. The third-order valence-corrected chi connectivity index (χ3v) is 10.0. The van der Waals surface area contributed by atoms with Gasteiger partial charge >= 0.3 is 0 Å². The maximum absolute atomic E-state index is 2.55. The van der Waals surface area contributed by atoms with Crippen molar-refractivity contribution in [2.45, 2.75) is 106 Å². The van der Waals surface area contributed by atoms with Crippen LogP contribution in [0.1, 0.15) is 98.6 Å². The second kappa shape index (κ2) is 16.1. The molecule has 0 fully saturated rings. The van der Waals surface area contributed by atoms with E-state index in [1.54, 1.807) is 0 Å². The third-order valence-electron chi connectivity index (χ3n) is 10.0. The van der Waals surface area contributed by atoms with Gasteiger partial charge < -0.3 is 0 Å². The van der Waals surface area contributed by atoms with Crippen LogP contribution in [0, 0.1) is 27.7 Å². The molecule has 0 saturated heterocycles. The van der Waals surface area contributed by atoms with Crippen molar-refractivity contribution < 1.29 is 0 Å². The number of aryl methyl sites for hydroxylation is 6. The molecule has 238 valence electrons. The Bertz CT molecular complexity index is 1590. The summed E-state index contributed by atoms with van der Waals surface area (Å²) in [7, 11) is 0. The number of hydrogen-bond acceptors (Lipinski definition) is 0. The molecule has 0 amide bonds. The van der Waals surface area contributed by atoms with Crippen LogP contribution in [0.4, 0.5) is 0 Å². The van der Waals surface area contributed by atoms with Crippen LogP contribution in [0.2, 0.25) is 0 Å². The predicted octanol–water partition coefficient (Wildman–Crippen LogP) is 13.8. The van der Waals surface area contributed by atoms with Gasteiger partial charge in [0.1, 0.15) is 0 Å². The molecular formula is C46H54. The molecule has 0 heteroatoms. The van der Waals surface area contributed by atoms with Crippen molar-refractivity contribution in [3.63, 3.8) is 0 Å². The van der Waals surface area contributed by atoms with E-state index in [1.807, 2.05) is 0 Å². The molecule has 0 aliphatic rings. The molecular weight excluding hydrogens is 553 g/mol. The van der Waals surface area contributed by atoms with Gasteiger partial charge in [-0.2, -0.15) is 0 Å². The van der Waals surface area contributed by atoms with E-state index >= 15 is 0 Å². The van der Waals surface area contributed by atoms with Crippen molar-refractivity contribution in [1.82, 2.24) is 0 Å². The fourth-order valence-corrected chi connectivity index (χ4v) is 6.65. The molecule has 0 spiro atoms. The van der Waals surface area contributed by atoms with Gasteiger partial charge in [0, 0.05) is 0 Å². The van der Waals surface area contributed by atoms with Crippen LogP contribution < -0.4 is 0 Å². The maximum atomic E-state index is 2.55. The summed E-state index contributed by atoms with van der Waals surface area (Å²) in [6.07, 6.45) is 12.5. The molecule has 0 saturated carbocycles. The number of rotatable bonds is 14. The van der Waals surface area contributed by atoms with E-state index in [9.17, 15) is 0 Å². The van der Waals surface area contributed by atoms with Crippen LogP contribution in [-0.2, 0) is 12.8 Å². The highest BCUT2D eigenvalue weighted by Gasteiger charge is 2.15. The van der Waals surface area contributed by atoms with E-state index < -0.39 is 0 Å².